The van der Waals surface area contributed by atoms with Crippen LogP contribution in [0, 0.1) is 0 Å². The summed E-state index contributed by atoms with van der Waals surface area (Å²) in [5.41, 5.74) is 6.67. The third-order valence-electron chi connectivity index (χ3n) is 2.40. The molecular formula is C10H15N7O. The minimum Gasteiger partial charge on any atom is -0.368 e. The highest BCUT2D eigenvalue weighted by Gasteiger charge is 2.15. The normalized spacial score (nSPS) is 12.3. The Kier molecular flexibility index (Phi) is 3.26. The van der Waals surface area contributed by atoms with Crippen LogP contribution in [0.1, 0.15) is 13.8 Å². The smallest absolute Gasteiger partial charge is 0.242 e. The van der Waals surface area contributed by atoms with Crippen LogP contribution in [0.3, 0.4) is 0 Å². The van der Waals surface area contributed by atoms with Crippen molar-refractivity contribution in [3.63, 3.8) is 0 Å². The molecule has 0 fully saturated rings. The Morgan fingerprint density at radius 2 is 2.33 bits per heavy atom. The Bertz CT molecular complexity index is 564. The number of imidazole rings is 1. The number of nitrogens with two attached hydrogens (primary N) is 1. The first-order chi connectivity index (χ1) is 8.61. The molecule has 5 N–H and O–H groups in total. The predicted octanol–water partition coefficient (Wildman–Crippen LogP) is -0.128. The summed E-state index contributed by atoms with van der Waals surface area (Å²) in [6, 6.07) is -0.425. The zero-order valence-corrected chi connectivity index (χ0v) is 10.2. The third kappa shape index (κ3) is 2.31. The molecule has 0 radical (unpaired) electrons. The number of fused-ring (bicyclic) bond motifs is 1. The molecule has 0 aliphatic heterocycles. The molecule has 1 amide bonds. The van der Waals surface area contributed by atoms with Crippen molar-refractivity contribution < 1.29 is 4.79 Å². The number of hydrogen-bond acceptors (Lipinski definition) is 6. The average molecular weight is 249 g/mol. The summed E-state index contributed by atoms with van der Waals surface area (Å²) < 4.78 is 0. The van der Waals surface area contributed by atoms with Gasteiger partial charge in [-0.1, -0.05) is 0 Å². The van der Waals surface area contributed by atoms with Crippen LogP contribution >= 0.6 is 0 Å². The minimum absolute atomic E-state index is 0.109. The number of nitrogens with one attached hydrogen (secondary N) is 3. The number of rotatable bonds is 4. The first-order valence-corrected chi connectivity index (χ1v) is 5.62. The van der Waals surface area contributed by atoms with E-state index in [2.05, 4.69) is 30.6 Å². The van der Waals surface area contributed by atoms with E-state index in [-0.39, 0.29) is 11.9 Å². The molecule has 8 nitrogen and oxygen atoms in total. The van der Waals surface area contributed by atoms with E-state index >= 15 is 0 Å². The van der Waals surface area contributed by atoms with Gasteiger partial charge in [-0.15, -0.1) is 0 Å². The Hall–Kier alpha value is -2.38. The number of hydrogen-bond donors (Lipinski definition) is 4. The number of nitrogens with zero attached hydrogens (tertiary/aromatic N) is 3. The van der Waals surface area contributed by atoms with Crippen LogP contribution in [-0.4, -0.2) is 38.4 Å². The molecule has 96 valence electrons. The Balaban J connectivity index is 2.25. The van der Waals surface area contributed by atoms with Crippen LogP contribution in [0.2, 0.25) is 0 Å². The lowest BCUT2D eigenvalue weighted by Gasteiger charge is -2.14. The summed E-state index contributed by atoms with van der Waals surface area (Å²) >= 11 is 0. The fourth-order valence-corrected chi connectivity index (χ4v) is 1.55. The van der Waals surface area contributed by atoms with E-state index in [0.717, 1.165) is 0 Å². The molecule has 1 atom stereocenters. The van der Waals surface area contributed by atoms with Crippen molar-refractivity contribution in [2.24, 2.45) is 0 Å². The first-order valence-electron chi connectivity index (χ1n) is 5.62. The highest BCUT2D eigenvalue weighted by atomic mass is 16.2. The highest BCUT2D eigenvalue weighted by Crippen LogP contribution is 2.17. The van der Waals surface area contributed by atoms with Gasteiger partial charge in [0.05, 0.1) is 6.33 Å². The van der Waals surface area contributed by atoms with Gasteiger partial charge in [0.2, 0.25) is 11.9 Å². The summed E-state index contributed by atoms with van der Waals surface area (Å²) in [4.78, 5) is 26.6. The molecule has 0 aliphatic carbocycles. The maximum absolute atomic E-state index is 11.6. The van der Waals surface area contributed by atoms with Crippen LogP contribution in [0.5, 0.6) is 0 Å². The van der Waals surface area contributed by atoms with Crippen molar-refractivity contribution in [2.45, 2.75) is 19.9 Å². The van der Waals surface area contributed by atoms with E-state index in [9.17, 15) is 4.79 Å². The molecular weight excluding hydrogens is 234 g/mol. The number of aromatic nitrogens is 4. The van der Waals surface area contributed by atoms with Gasteiger partial charge in [0.1, 0.15) is 11.6 Å². The second kappa shape index (κ2) is 4.86. The van der Waals surface area contributed by atoms with E-state index < -0.39 is 6.04 Å². The zero-order valence-electron chi connectivity index (χ0n) is 10.2. The maximum atomic E-state index is 11.6. The van der Waals surface area contributed by atoms with Crippen molar-refractivity contribution in [1.29, 1.82) is 0 Å². The Morgan fingerprint density at radius 1 is 1.56 bits per heavy atom. The minimum atomic E-state index is -0.425. The monoisotopic (exact) mass is 249 g/mol. The van der Waals surface area contributed by atoms with E-state index in [1.165, 1.54) is 6.33 Å². The van der Waals surface area contributed by atoms with Crippen molar-refractivity contribution in [2.75, 3.05) is 17.6 Å². The summed E-state index contributed by atoms with van der Waals surface area (Å²) in [6.45, 7) is 4.18. The average Bonchev–Trinajstić information content (AvgIpc) is 2.77. The molecule has 2 aromatic rings. The largest absolute Gasteiger partial charge is 0.368 e. The summed E-state index contributed by atoms with van der Waals surface area (Å²) in [5.74, 6) is 0.469. The number of amides is 1. The molecule has 0 aliphatic rings. The van der Waals surface area contributed by atoms with Crippen molar-refractivity contribution in [3.8, 4) is 0 Å². The maximum Gasteiger partial charge on any atom is 0.242 e. The number of aromatic amines is 1. The molecule has 0 bridgehead atoms. The predicted molar refractivity (Wildman–Crippen MR) is 67.9 cm³/mol. The van der Waals surface area contributed by atoms with Gasteiger partial charge in [-0.2, -0.15) is 9.97 Å². The van der Waals surface area contributed by atoms with Crippen LogP contribution in [0.4, 0.5) is 11.8 Å². The molecule has 0 saturated carbocycles. The van der Waals surface area contributed by atoms with Gasteiger partial charge >= 0.3 is 0 Å². The molecule has 0 aromatic carbocycles. The van der Waals surface area contributed by atoms with Gasteiger partial charge in [0.25, 0.3) is 0 Å². The van der Waals surface area contributed by atoms with Gasteiger partial charge in [-0.25, -0.2) is 4.98 Å². The van der Waals surface area contributed by atoms with Crippen LogP contribution in [-0.2, 0) is 4.79 Å². The molecule has 1 unspecified atom stereocenters. The van der Waals surface area contributed by atoms with E-state index in [1.807, 2.05) is 6.92 Å². The van der Waals surface area contributed by atoms with Gasteiger partial charge in [0.15, 0.2) is 11.5 Å². The Labute approximate surface area is 103 Å². The number of nitrogen functional groups attached to an aromatic ring is 1. The van der Waals surface area contributed by atoms with Gasteiger partial charge in [-0.05, 0) is 13.8 Å². The van der Waals surface area contributed by atoms with Crippen LogP contribution in [0.15, 0.2) is 6.33 Å². The van der Waals surface area contributed by atoms with Gasteiger partial charge in [-0.3, -0.25) is 4.79 Å². The first kappa shape index (κ1) is 12.1. The van der Waals surface area contributed by atoms with Gasteiger partial charge < -0.3 is 21.4 Å². The SMILES string of the molecule is CCNC(=O)C(C)Nc1nc(N)nc2nc[nH]c12. The number of anilines is 2. The zero-order chi connectivity index (χ0) is 13.1. The second-order valence-corrected chi connectivity index (χ2v) is 3.79. The number of likely N-dealkylation sites (N-methyl/N-ethyl adjacent to an activating group) is 1. The number of carbonyl (C=O) groups excluding carboxylic acids is 1. The fraction of sp³-hybridized carbons (Fsp3) is 0.400. The van der Waals surface area contributed by atoms with Crippen molar-refractivity contribution >= 4 is 28.8 Å². The van der Waals surface area contributed by atoms with E-state index in [4.69, 9.17) is 5.73 Å². The lowest BCUT2D eigenvalue weighted by Crippen LogP contribution is -2.37. The summed E-state index contributed by atoms with van der Waals surface area (Å²) in [6.07, 6.45) is 1.50. The van der Waals surface area contributed by atoms with Crippen molar-refractivity contribution in [1.82, 2.24) is 25.3 Å². The molecule has 0 spiro atoms. The standard InChI is InChI=1S/C10H15N7O/c1-3-12-9(18)5(2)15-8-6-7(14-4-13-6)16-10(11)17-8/h4-5H,3H2,1-2H3,(H,12,18)(H4,11,13,14,15,16,17). The summed E-state index contributed by atoms with van der Waals surface area (Å²) in [7, 11) is 0. The third-order valence-corrected chi connectivity index (χ3v) is 2.40. The van der Waals surface area contributed by atoms with E-state index in [1.54, 1.807) is 6.92 Å². The van der Waals surface area contributed by atoms with Crippen LogP contribution < -0.4 is 16.4 Å². The fourth-order valence-electron chi connectivity index (χ4n) is 1.55. The molecule has 2 rings (SSSR count). The lowest BCUT2D eigenvalue weighted by molar-refractivity contribution is -0.121. The highest BCUT2D eigenvalue weighted by molar-refractivity contribution is 5.88. The summed E-state index contributed by atoms with van der Waals surface area (Å²) in [5, 5.41) is 5.70. The number of H-pyrrole nitrogens is 1. The quantitative estimate of drug-likeness (QED) is 0.599. The molecule has 8 heteroatoms. The molecule has 0 saturated heterocycles. The second-order valence-electron chi connectivity index (χ2n) is 3.79. The molecule has 18 heavy (non-hydrogen) atoms. The van der Waals surface area contributed by atoms with Crippen molar-refractivity contribution in [3.05, 3.63) is 6.33 Å². The van der Waals surface area contributed by atoms with Gasteiger partial charge in [0, 0.05) is 6.54 Å². The van der Waals surface area contributed by atoms with E-state index in [0.29, 0.717) is 23.5 Å². The van der Waals surface area contributed by atoms with Crippen LogP contribution in [0.25, 0.3) is 11.2 Å². The lowest BCUT2D eigenvalue weighted by atomic mass is 10.3. The topological polar surface area (TPSA) is 122 Å². The molecule has 2 aromatic heterocycles. The number of carbonyl (C=O) groups is 1. The molecule has 2 heterocycles. The Morgan fingerprint density at radius 3 is 3.06 bits per heavy atom.